The number of halogens is 2. The first kappa shape index (κ1) is 31.7. The highest BCUT2D eigenvalue weighted by Gasteiger charge is 2.35. The van der Waals surface area contributed by atoms with E-state index in [2.05, 4.69) is 5.32 Å². The predicted molar refractivity (Wildman–Crippen MR) is 167 cm³/mol. The maximum Gasteiger partial charge on any atom is 0.264 e. The van der Waals surface area contributed by atoms with Crippen LogP contribution in [-0.4, -0.2) is 43.8 Å². The number of nitrogens with zero attached hydrogens (tertiary/aromatic N) is 2. The van der Waals surface area contributed by atoms with Gasteiger partial charge in [0.15, 0.2) is 0 Å². The summed E-state index contributed by atoms with van der Waals surface area (Å²) in [6.07, 6.45) is 0.200. The third kappa shape index (κ3) is 8.21. The molecule has 0 spiro atoms. The lowest BCUT2D eigenvalue weighted by molar-refractivity contribution is -0.140. The summed E-state index contributed by atoms with van der Waals surface area (Å²) in [6, 6.07) is 28.4. The molecule has 10 heteroatoms. The minimum atomic E-state index is -4.30. The van der Waals surface area contributed by atoms with Gasteiger partial charge in [-0.2, -0.15) is 0 Å². The van der Waals surface area contributed by atoms with E-state index in [-0.39, 0.29) is 40.5 Å². The number of anilines is 1. The Kier molecular flexibility index (Phi) is 10.6. The van der Waals surface area contributed by atoms with Crippen LogP contribution in [0.4, 0.5) is 10.1 Å². The van der Waals surface area contributed by atoms with Crippen LogP contribution in [0.1, 0.15) is 25.0 Å². The molecule has 0 aliphatic rings. The fourth-order valence-electron chi connectivity index (χ4n) is 4.60. The van der Waals surface area contributed by atoms with Gasteiger partial charge in [0.1, 0.15) is 18.4 Å². The standard InChI is InChI=1S/C33H33ClFN3O4S/c1-24(2)36-33(40)31(20-25-12-6-3-7-13-25)37(22-26-14-8-4-9-15-26)32(39)23-38(27-18-19-30(35)29(34)21-27)43(41,42)28-16-10-5-11-17-28/h3-19,21,24,31H,20,22-23H2,1-2H3,(H,36,40)/t31-/m1/s1. The van der Waals surface area contributed by atoms with E-state index in [9.17, 15) is 22.4 Å². The number of sulfonamides is 1. The van der Waals surface area contributed by atoms with Crippen LogP contribution in [0, 0.1) is 5.82 Å². The van der Waals surface area contributed by atoms with Crippen molar-refractivity contribution in [2.75, 3.05) is 10.8 Å². The Morgan fingerprint density at radius 3 is 1.95 bits per heavy atom. The first-order valence-electron chi connectivity index (χ1n) is 13.8. The van der Waals surface area contributed by atoms with Gasteiger partial charge in [0, 0.05) is 19.0 Å². The Morgan fingerprint density at radius 2 is 1.40 bits per heavy atom. The molecule has 7 nitrogen and oxygen atoms in total. The molecule has 2 amide bonds. The normalized spacial score (nSPS) is 12.0. The minimum Gasteiger partial charge on any atom is -0.352 e. The number of carbonyl (C=O) groups is 2. The van der Waals surface area contributed by atoms with Crippen LogP contribution in [0.2, 0.25) is 5.02 Å². The summed E-state index contributed by atoms with van der Waals surface area (Å²) in [7, 11) is -4.30. The van der Waals surface area contributed by atoms with Crippen LogP contribution >= 0.6 is 11.6 Å². The second-order valence-electron chi connectivity index (χ2n) is 10.3. The second-order valence-corrected chi connectivity index (χ2v) is 12.6. The van der Waals surface area contributed by atoms with Crippen molar-refractivity contribution in [3.63, 3.8) is 0 Å². The average Bonchev–Trinajstić information content (AvgIpc) is 3.00. The lowest BCUT2D eigenvalue weighted by atomic mass is 10.0. The van der Waals surface area contributed by atoms with Gasteiger partial charge in [-0.1, -0.05) is 90.5 Å². The largest absolute Gasteiger partial charge is 0.352 e. The van der Waals surface area contributed by atoms with Gasteiger partial charge in [-0.05, 0) is 55.3 Å². The highest BCUT2D eigenvalue weighted by Crippen LogP contribution is 2.28. The number of carbonyl (C=O) groups excluding carboxylic acids is 2. The molecule has 224 valence electrons. The van der Waals surface area contributed by atoms with Crippen molar-refractivity contribution in [3.8, 4) is 0 Å². The van der Waals surface area contributed by atoms with Gasteiger partial charge in [-0.25, -0.2) is 12.8 Å². The van der Waals surface area contributed by atoms with Crippen LogP contribution in [-0.2, 0) is 32.6 Å². The maximum atomic E-state index is 14.3. The first-order valence-corrected chi connectivity index (χ1v) is 15.6. The molecule has 0 saturated carbocycles. The molecule has 0 bridgehead atoms. The Hall–Kier alpha value is -4.21. The molecule has 0 aliphatic heterocycles. The molecule has 0 saturated heterocycles. The Morgan fingerprint density at radius 1 is 0.837 bits per heavy atom. The Bertz CT molecular complexity index is 1640. The van der Waals surface area contributed by atoms with Crippen LogP contribution < -0.4 is 9.62 Å². The summed E-state index contributed by atoms with van der Waals surface area (Å²) in [5, 5.41) is 2.62. The molecule has 0 aliphatic carbocycles. The zero-order valence-electron chi connectivity index (χ0n) is 23.9. The van der Waals surface area contributed by atoms with E-state index in [1.807, 2.05) is 74.5 Å². The third-order valence-electron chi connectivity index (χ3n) is 6.70. The van der Waals surface area contributed by atoms with Gasteiger partial charge in [0.2, 0.25) is 11.8 Å². The zero-order chi connectivity index (χ0) is 31.0. The summed E-state index contributed by atoms with van der Waals surface area (Å²) in [6.45, 7) is 3.04. The third-order valence-corrected chi connectivity index (χ3v) is 8.78. The molecule has 43 heavy (non-hydrogen) atoms. The fourth-order valence-corrected chi connectivity index (χ4v) is 6.21. The molecule has 0 radical (unpaired) electrons. The van der Waals surface area contributed by atoms with Gasteiger partial charge >= 0.3 is 0 Å². The summed E-state index contributed by atoms with van der Waals surface area (Å²) in [5.41, 5.74) is 1.60. The quantitative estimate of drug-likeness (QED) is 0.215. The molecule has 0 heterocycles. The van der Waals surface area contributed by atoms with Crippen LogP contribution in [0.3, 0.4) is 0 Å². The number of hydrogen-bond acceptors (Lipinski definition) is 4. The molecule has 0 fully saturated rings. The molecular formula is C33H33ClFN3O4S. The van der Waals surface area contributed by atoms with Gasteiger partial charge in [-0.3, -0.25) is 13.9 Å². The van der Waals surface area contributed by atoms with Gasteiger partial charge in [-0.15, -0.1) is 0 Å². The summed E-state index contributed by atoms with van der Waals surface area (Å²) in [5.74, 6) is -1.72. The minimum absolute atomic E-state index is 0.00880. The molecule has 1 atom stereocenters. The van der Waals surface area contributed by atoms with Gasteiger partial charge in [0.05, 0.1) is 15.6 Å². The smallest absolute Gasteiger partial charge is 0.264 e. The summed E-state index contributed by atoms with van der Waals surface area (Å²) in [4.78, 5) is 29.3. The monoisotopic (exact) mass is 621 g/mol. The molecule has 4 rings (SSSR count). The molecular weight excluding hydrogens is 589 g/mol. The van der Waals surface area contributed by atoms with E-state index in [0.29, 0.717) is 0 Å². The molecule has 1 N–H and O–H groups in total. The second kappa shape index (κ2) is 14.3. The van der Waals surface area contributed by atoms with Crippen molar-refractivity contribution in [3.05, 3.63) is 131 Å². The predicted octanol–water partition coefficient (Wildman–Crippen LogP) is 5.84. The van der Waals surface area contributed by atoms with Crippen molar-refractivity contribution >= 4 is 39.1 Å². The molecule has 0 aromatic heterocycles. The number of benzene rings is 4. The molecule has 4 aromatic carbocycles. The Balaban J connectivity index is 1.80. The van der Waals surface area contributed by atoms with E-state index < -0.39 is 34.3 Å². The highest BCUT2D eigenvalue weighted by molar-refractivity contribution is 7.92. The summed E-state index contributed by atoms with van der Waals surface area (Å²) < 4.78 is 42.8. The lowest BCUT2D eigenvalue weighted by Crippen LogP contribution is -2.54. The molecule has 0 unspecified atom stereocenters. The van der Waals surface area contributed by atoms with Crippen molar-refractivity contribution in [1.29, 1.82) is 0 Å². The Labute approximate surface area is 257 Å². The van der Waals surface area contributed by atoms with Crippen LogP contribution in [0.25, 0.3) is 0 Å². The lowest BCUT2D eigenvalue weighted by Gasteiger charge is -2.34. The summed E-state index contributed by atoms with van der Waals surface area (Å²) >= 11 is 6.05. The van der Waals surface area contributed by atoms with Gasteiger partial charge in [0.25, 0.3) is 10.0 Å². The number of nitrogens with one attached hydrogen (secondary N) is 1. The van der Waals surface area contributed by atoms with Gasteiger partial charge < -0.3 is 10.2 Å². The van der Waals surface area contributed by atoms with E-state index >= 15 is 0 Å². The van der Waals surface area contributed by atoms with Crippen molar-refractivity contribution in [2.45, 2.75) is 43.8 Å². The number of amides is 2. The van der Waals surface area contributed by atoms with Crippen molar-refractivity contribution in [2.24, 2.45) is 0 Å². The van der Waals surface area contributed by atoms with Crippen LogP contribution in [0.5, 0.6) is 0 Å². The average molecular weight is 622 g/mol. The van der Waals surface area contributed by atoms with Crippen molar-refractivity contribution < 1.29 is 22.4 Å². The topological polar surface area (TPSA) is 86.8 Å². The zero-order valence-corrected chi connectivity index (χ0v) is 25.4. The fraction of sp³-hybridized carbons (Fsp3) is 0.212. The first-order chi connectivity index (χ1) is 20.6. The van der Waals surface area contributed by atoms with E-state index in [4.69, 9.17) is 11.6 Å². The van der Waals surface area contributed by atoms with Crippen LogP contribution in [0.15, 0.2) is 114 Å². The van der Waals surface area contributed by atoms with E-state index in [1.54, 1.807) is 18.2 Å². The SMILES string of the molecule is CC(C)NC(=O)[C@@H](Cc1ccccc1)N(Cc1ccccc1)C(=O)CN(c1ccc(F)c(Cl)c1)S(=O)(=O)c1ccccc1. The van der Waals surface area contributed by atoms with Crippen molar-refractivity contribution in [1.82, 2.24) is 10.2 Å². The number of rotatable bonds is 12. The highest BCUT2D eigenvalue weighted by atomic mass is 35.5. The van der Waals surface area contributed by atoms with E-state index in [0.717, 1.165) is 21.5 Å². The number of hydrogen-bond donors (Lipinski definition) is 1. The molecule has 4 aromatic rings. The van der Waals surface area contributed by atoms with E-state index in [1.165, 1.54) is 29.2 Å². The maximum absolute atomic E-state index is 14.3.